The molecule has 0 saturated carbocycles. The van der Waals surface area contributed by atoms with Crippen LogP contribution in [0.25, 0.3) is 0 Å². The van der Waals surface area contributed by atoms with Crippen LogP contribution in [0.3, 0.4) is 0 Å². The number of rotatable bonds is 0. The Bertz CT molecular complexity index is 73.0. The molecule has 0 heterocycles. The average Bonchev–Trinajstić information content (AvgIpc) is 1.39. The van der Waals surface area contributed by atoms with Crippen LogP contribution in [-0.4, -0.2) is 54.4 Å². The van der Waals surface area contributed by atoms with Crippen LogP contribution in [0.1, 0.15) is 0 Å². The van der Waals surface area contributed by atoms with Gasteiger partial charge < -0.3 is 30.7 Å². The van der Waals surface area contributed by atoms with Gasteiger partial charge in [-0.15, -0.1) is 0 Å². The number of hydrogen-bond donors (Lipinski definition) is 0. The normalized spacial score (nSPS) is 1.75. The molecule has 0 radical (unpaired) electrons. The third-order valence-corrected chi connectivity index (χ3v) is 0. The Morgan fingerprint density at radius 3 is 1.00 bits per heavy atom. The molecule has 0 rings (SSSR count). The van der Waals surface area contributed by atoms with E-state index in [0.717, 1.165) is 0 Å². The van der Waals surface area contributed by atoms with E-state index in [1.54, 1.807) is 0 Å². The van der Waals surface area contributed by atoms with Crippen molar-refractivity contribution in [1.82, 2.24) is 0 Å². The van der Waals surface area contributed by atoms with E-state index < -0.39 is 0 Å². The first kappa shape index (κ1) is 23.1. The fourth-order valence-corrected chi connectivity index (χ4v) is 0. The number of hydrogen-bond acceptors (Lipinski definition) is 4. The summed E-state index contributed by atoms with van der Waals surface area (Å²) in [4.78, 5) is 0. The molecule has 0 aliphatic carbocycles. The second-order valence-electron chi connectivity index (χ2n) is 0.183. The molecule has 2 N–H and O–H groups in total. The summed E-state index contributed by atoms with van der Waals surface area (Å²) in [6.07, 6.45) is 0. The summed E-state index contributed by atoms with van der Waals surface area (Å²) in [6.45, 7) is 0. The molecule has 0 aromatic heterocycles. The van der Waals surface area contributed by atoms with Gasteiger partial charge in [-0.25, -0.2) is 10.5 Å². The van der Waals surface area contributed by atoms with Gasteiger partial charge in [0.1, 0.15) is 0 Å². The third-order valence-electron chi connectivity index (χ3n) is 0. The minimum atomic E-state index is 0. The first-order chi connectivity index (χ1) is 2.83. The fraction of sp³-hybridized carbons (Fsp3) is 0. The maximum absolute atomic E-state index is 7.13. The molecule has 0 fully saturated rings. The van der Waals surface area contributed by atoms with Crippen molar-refractivity contribution in [2.75, 3.05) is 0 Å². The molecule has 0 amide bonds. The molecular formula is C2H2BaN2OS2. The van der Waals surface area contributed by atoms with Crippen molar-refractivity contribution in [2.24, 2.45) is 0 Å². The van der Waals surface area contributed by atoms with E-state index in [0.29, 0.717) is 0 Å². The van der Waals surface area contributed by atoms with E-state index in [9.17, 15) is 0 Å². The number of nitrogens with zero attached hydrogens (tertiary/aromatic N) is 2. The van der Waals surface area contributed by atoms with Crippen molar-refractivity contribution in [3.63, 3.8) is 0 Å². The zero-order valence-corrected chi connectivity index (χ0v) is 9.99. The maximum Gasteiger partial charge on any atom is 2.00 e. The van der Waals surface area contributed by atoms with Gasteiger partial charge in [0.05, 0.1) is 0 Å². The molecule has 0 aromatic carbocycles. The second kappa shape index (κ2) is 44.1. The minimum Gasteiger partial charge on any atom is -0.696 e. The SMILES string of the molecule is N#C[S-].N#C[S-].O.[Ba+2]. The Morgan fingerprint density at radius 2 is 1.00 bits per heavy atom. The molecule has 0 aliphatic rings. The quantitative estimate of drug-likeness (QED) is 0.316. The summed E-state index contributed by atoms with van der Waals surface area (Å²) in [5.74, 6) is 0. The van der Waals surface area contributed by atoms with Crippen LogP contribution in [0.4, 0.5) is 0 Å². The standard InChI is InChI=1S/2CHNS.Ba.H2O/c2*2-1-3;;/h2*3H;;1H2/q;;+2;/p-2. The van der Waals surface area contributed by atoms with Crippen molar-refractivity contribution >= 4 is 74.1 Å². The van der Waals surface area contributed by atoms with Crippen molar-refractivity contribution < 1.29 is 5.48 Å². The van der Waals surface area contributed by atoms with Crippen molar-refractivity contribution in [3.05, 3.63) is 0 Å². The van der Waals surface area contributed by atoms with Crippen molar-refractivity contribution in [1.29, 1.82) is 10.5 Å². The summed E-state index contributed by atoms with van der Waals surface area (Å²) in [6, 6.07) is 0. The van der Waals surface area contributed by atoms with Crippen LogP contribution in [-0.2, 0) is 25.3 Å². The van der Waals surface area contributed by atoms with Crippen molar-refractivity contribution in [3.8, 4) is 10.8 Å². The van der Waals surface area contributed by atoms with Crippen LogP contribution in [0.5, 0.6) is 0 Å². The minimum absolute atomic E-state index is 0. The second-order valence-corrected chi connectivity index (χ2v) is 0.548. The molecule has 0 saturated heterocycles. The maximum atomic E-state index is 7.13. The molecule has 6 heteroatoms. The first-order valence-corrected chi connectivity index (χ1v) is 1.67. The molecule has 0 bridgehead atoms. The van der Waals surface area contributed by atoms with Gasteiger partial charge in [-0.3, -0.25) is 0 Å². The van der Waals surface area contributed by atoms with Gasteiger partial charge in [0, 0.05) is 0 Å². The van der Waals surface area contributed by atoms with E-state index in [-0.39, 0.29) is 54.4 Å². The van der Waals surface area contributed by atoms with Gasteiger partial charge >= 0.3 is 48.9 Å². The Kier molecular flexibility index (Phi) is 127. The first-order valence-electron chi connectivity index (χ1n) is 0.855. The van der Waals surface area contributed by atoms with Crippen molar-refractivity contribution in [2.45, 2.75) is 0 Å². The summed E-state index contributed by atoms with van der Waals surface area (Å²) >= 11 is 7.40. The van der Waals surface area contributed by atoms with E-state index in [2.05, 4.69) is 25.3 Å². The predicted molar refractivity (Wildman–Crippen MR) is 35.3 cm³/mol. The molecule has 0 aliphatic heterocycles. The van der Waals surface area contributed by atoms with Gasteiger partial charge in [-0.2, -0.15) is 0 Å². The Hall–Kier alpha value is 0.951. The largest absolute Gasteiger partial charge is 2.00 e. The van der Waals surface area contributed by atoms with E-state index in [1.165, 1.54) is 10.8 Å². The van der Waals surface area contributed by atoms with Crippen LogP contribution >= 0.6 is 0 Å². The average molecular weight is 272 g/mol. The molecule has 40 valence electrons. The van der Waals surface area contributed by atoms with E-state index >= 15 is 0 Å². The van der Waals surface area contributed by atoms with Gasteiger partial charge in [0.15, 0.2) is 0 Å². The van der Waals surface area contributed by atoms with Crippen LogP contribution in [0.15, 0.2) is 0 Å². The molecule has 0 spiro atoms. The predicted octanol–water partition coefficient (Wildman–Crippen LogP) is -1.18. The van der Waals surface area contributed by atoms with Crippen LogP contribution < -0.4 is 0 Å². The molecule has 0 aromatic rings. The number of thiocyanates is 2. The summed E-state index contributed by atoms with van der Waals surface area (Å²) in [5.41, 5.74) is 0. The third kappa shape index (κ3) is 272. The Morgan fingerprint density at radius 1 is 1.00 bits per heavy atom. The van der Waals surface area contributed by atoms with Gasteiger partial charge in [0.2, 0.25) is 0 Å². The van der Waals surface area contributed by atoms with E-state index in [1.807, 2.05) is 0 Å². The zero-order valence-electron chi connectivity index (χ0n) is 3.92. The molecule has 3 nitrogen and oxygen atoms in total. The van der Waals surface area contributed by atoms with Gasteiger partial charge in [-0.05, 0) is 0 Å². The molecular weight excluding hydrogens is 269 g/mol. The van der Waals surface area contributed by atoms with E-state index in [4.69, 9.17) is 10.5 Å². The summed E-state index contributed by atoms with van der Waals surface area (Å²) in [5, 5.41) is 16.9. The van der Waals surface area contributed by atoms with Gasteiger partial charge in [-0.1, -0.05) is 10.8 Å². The Labute approximate surface area is 99.3 Å². The topological polar surface area (TPSA) is 79.1 Å². The monoisotopic (exact) mass is 272 g/mol. The van der Waals surface area contributed by atoms with Crippen LogP contribution in [0, 0.1) is 21.3 Å². The fourth-order valence-electron chi connectivity index (χ4n) is 0. The number of nitriles is 2. The van der Waals surface area contributed by atoms with Gasteiger partial charge in [0.25, 0.3) is 0 Å². The zero-order chi connectivity index (χ0) is 5.41. The van der Waals surface area contributed by atoms with Crippen LogP contribution in [0.2, 0.25) is 0 Å². The molecule has 0 unspecified atom stereocenters. The Balaban J connectivity index is -0.0000000160. The summed E-state index contributed by atoms with van der Waals surface area (Å²) < 4.78 is 0. The summed E-state index contributed by atoms with van der Waals surface area (Å²) in [7, 11) is 0. The smallest absolute Gasteiger partial charge is 0.696 e. The molecule has 8 heavy (non-hydrogen) atoms. The molecule has 0 atom stereocenters.